The predicted octanol–water partition coefficient (Wildman–Crippen LogP) is 3.71. The maximum Gasteiger partial charge on any atom is 0.349 e. The van der Waals surface area contributed by atoms with Gasteiger partial charge in [-0.05, 0) is 71.0 Å². The van der Waals surface area contributed by atoms with Crippen molar-refractivity contribution in [1.29, 1.82) is 0 Å². The summed E-state index contributed by atoms with van der Waals surface area (Å²) >= 11 is 11.8. The minimum absolute atomic E-state index is 0.0969. The number of carbonyl (C=O) groups is 1. The molecule has 0 saturated carbocycles. The van der Waals surface area contributed by atoms with E-state index < -0.39 is 17.2 Å². The summed E-state index contributed by atoms with van der Waals surface area (Å²) in [7, 11) is 3.10. The van der Waals surface area contributed by atoms with Crippen LogP contribution in [0.2, 0.25) is 10.3 Å². The maximum atomic E-state index is 12.1. The quantitative estimate of drug-likeness (QED) is 0.229. The van der Waals surface area contributed by atoms with E-state index in [1.807, 2.05) is 0 Å². The van der Waals surface area contributed by atoms with Crippen LogP contribution in [0, 0.1) is 0 Å². The van der Waals surface area contributed by atoms with Crippen molar-refractivity contribution in [2.75, 3.05) is 13.2 Å². The van der Waals surface area contributed by atoms with Gasteiger partial charge in [0.05, 0.1) is 25.6 Å². The van der Waals surface area contributed by atoms with Gasteiger partial charge in [0.2, 0.25) is 0 Å². The molecule has 0 saturated heterocycles. The third kappa shape index (κ3) is 10.9. The van der Waals surface area contributed by atoms with E-state index in [2.05, 4.69) is 20.2 Å². The second-order valence-corrected chi connectivity index (χ2v) is 12.3. The summed E-state index contributed by atoms with van der Waals surface area (Å²) in [6, 6.07) is 10.0. The second-order valence-electron chi connectivity index (χ2n) is 11.5. The largest absolute Gasteiger partial charge is 0.484 e. The number of aryl methyl sites for hydroxylation is 2. The molecule has 1 N–H and O–H groups in total. The van der Waals surface area contributed by atoms with Crippen LogP contribution in [-0.4, -0.2) is 65.0 Å². The molecule has 47 heavy (non-hydrogen) atoms. The fourth-order valence-electron chi connectivity index (χ4n) is 4.05. The first-order chi connectivity index (χ1) is 22.0. The molecule has 0 spiro atoms. The number of esters is 1. The van der Waals surface area contributed by atoms with E-state index in [-0.39, 0.29) is 34.6 Å². The normalized spacial score (nSPS) is 11.4. The summed E-state index contributed by atoms with van der Waals surface area (Å²) in [6.45, 7) is 8.74. The third-order valence-electron chi connectivity index (χ3n) is 6.47. The Morgan fingerprint density at radius 3 is 1.64 bits per heavy atom. The predicted molar refractivity (Wildman–Crippen MR) is 176 cm³/mol. The SMILES string of the molecule is CCOC(=O)C(C)(C)Oc1ccc(Cc2cc(Cl)nn(C)c2=O)nc1.Cn1nc(Cl)cc(Cc2ccc(OC(C)(C)CO)cn2)c1=O. The number of pyridine rings is 2. The molecule has 0 radical (unpaired) electrons. The Morgan fingerprint density at radius 2 is 1.26 bits per heavy atom. The first-order valence-electron chi connectivity index (χ1n) is 14.5. The molecule has 15 heteroatoms. The highest BCUT2D eigenvalue weighted by atomic mass is 35.5. The van der Waals surface area contributed by atoms with E-state index in [1.54, 1.807) is 85.2 Å². The second kappa shape index (κ2) is 16.0. The number of nitrogens with zero attached hydrogens (tertiary/aromatic N) is 6. The molecule has 0 aliphatic carbocycles. The maximum absolute atomic E-state index is 12.1. The average Bonchev–Trinajstić information content (AvgIpc) is 3.00. The molecule has 0 aromatic carbocycles. The molecule has 0 atom stereocenters. The molecule has 0 fully saturated rings. The van der Waals surface area contributed by atoms with Crippen LogP contribution in [0.25, 0.3) is 0 Å². The van der Waals surface area contributed by atoms with E-state index >= 15 is 0 Å². The van der Waals surface area contributed by atoms with E-state index in [9.17, 15) is 19.5 Å². The monoisotopic (exact) mass is 688 g/mol. The van der Waals surface area contributed by atoms with Crippen LogP contribution in [0.5, 0.6) is 11.5 Å². The first kappa shape index (κ1) is 37.1. The lowest BCUT2D eigenvalue weighted by Crippen LogP contribution is -2.39. The Bertz CT molecular complexity index is 1790. The van der Waals surface area contributed by atoms with Gasteiger partial charge >= 0.3 is 5.97 Å². The van der Waals surface area contributed by atoms with Gasteiger partial charge in [0, 0.05) is 49.5 Å². The van der Waals surface area contributed by atoms with Crippen LogP contribution in [0.1, 0.15) is 57.1 Å². The Kier molecular flexibility index (Phi) is 12.6. The van der Waals surface area contributed by atoms with Crippen molar-refractivity contribution in [2.45, 2.75) is 58.7 Å². The Hall–Kier alpha value is -4.33. The van der Waals surface area contributed by atoms with Gasteiger partial charge < -0.3 is 19.3 Å². The van der Waals surface area contributed by atoms with Crippen molar-refractivity contribution in [3.05, 3.63) is 102 Å². The number of hydrogen-bond acceptors (Lipinski definition) is 11. The van der Waals surface area contributed by atoms with Crippen LogP contribution < -0.4 is 20.6 Å². The lowest BCUT2D eigenvalue weighted by Gasteiger charge is -2.23. The molecule has 13 nitrogen and oxygen atoms in total. The zero-order valence-corrected chi connectivity index (χ0v) is 28.8. The Balaban J connectivity index is 0.000000257. The van der Waals surface area contributed by atoms with Crippen LogP contribution in [0.15, 0.2) is 58.4 Å². The molecule has 0 bridgehead atoms. The number of carbonyl (C=O) groups excluding carboxylic acids is 1. The Morgan fingerprint density at radius 1 is 0.809 bits per heavy atom. The fraction of sp³-hybridized carbons (Fsp3) is 0.406. The van der Waals surface area contributed by atoms with Gasteiger partial charge in [-0.3, -0.25) is 19.6 Å². The number of hydrogen-bond donors (Lipinski definition) is 1. The van der Waals surface area contributed by atoms with Gasteiger partial charge in [-0.2, -0.15) is 10.2 Å². The zero-order chi connectivity index (χ0) is 34.9. The summed E-state index contributed by atoms with van der Waals surface area (Å²) in [6.07, 6.45) is 3.75. The van der Waals surface area contributed by atoms with E-state index in [4.69, 9.17) is 37.4 Å². The molecule has 4 aromatic heterocycles. The first-order valence-corrected chi connectivity index (χ1v) is 15.3. The number of aliphatic hydroxyl groups is 1. The Labute approximate surface area is 282 Å². The molecule has 0 amide bonds. The van der Waals surface area contributed by atoms with Crippen LogP contribution in [-0.2, 0) is 36.5 Å². The van der Waals surface area contributed by atoms with Crippen molar-refractivity contribution in [3.63, 3.8) is 0 Å². The molecule has 252 valence electrons. The summed E-state index contributed by atoms with van der Waals surface area (Å²) in [5.41, 5.74) is 0.192. The average molecular weight is 690 g/mol. The van der Waals surface area contributed by atoms with Gasteiger partial charge in [-0.1, -0.05) is 23.2 Å². The van der Waals surface area contributed by atoms with Gasteiger partial charge in [0.1, 0.15) is 27.4 Å². The van der Waals surface area contributed by atoms with E-state index in [0.29, 0.717) is 46.9 Å². The highest BCUT2D eigenvalue weighted by Crippen LogP contribution is 2.20. The van der Waals surface area contributed by atoms with Crippen molar-refractivity contribution < 1.29 is 24.1 Å². The smallest absolute Gasteiger partial charge is 0.349 e. The number of aliphatic hydroxyl groups excluding tert-OH is 1. The molecule has 0 aliphatic heterocycles. The molecule has 4 aromatic rings. The topological polar surface area (TPSA) is 161 Å². The number of halogens is 2. The molecule has 4 rings (SSSR count). The lowest BCUT2D eigenvalue weighted by molar-refractivity contribution is -0.158. The van der Waals surface area contributed by atoms with Crippen molar-refractivity contribution in [3.8, 4) is 11.5 Å². The molecular formula is C32H38Cl2N6O7. The fourth-order valence-corrected chi connectivity index (χ4v) is 4.54. The van der Waals surface area contributed by atoms with E-state index in [0.717, 1.165) is 0 Å². The van der Waals surface area contributed by atoms with Crippen LogP contribution in [0.4, 0.5) is 0 Å². The summed E-state index contributed by atoms with van der Waals surface area (Å²) in [4.78, 5) is 44.4. The van der Waals surface area contributed by atoms with Crippen molar-refractivity contribution >= 4 is 29.2 Å². The number of aromatic nitrogens is 6. The molecular weight excluding hydrogens is 651 g/mol. The highest BCUT2D eigenvalue weighted by Gasteiger charge is 2.31. The number of ether oxygens (including phenoxy) is 3. The third-order valence-corrected chi connectivity index (χ3v) is 6.84. The van der Waals surface area contributed by atoms with Crippen molar-refractivity contribution in [2.24, 2.45) is 14.1 Å². The van der Waals surface area contributed by atoms with Crippen LogP contribution >= 0.6 is 23.2 Å². The van der Waals surface area contributed by atoms with E-state index in [1.165, 1.54) is 21.6 Å². The van der Waals surface area contributed by atoms with Crippen LogP contribution in [0.3, 0.4) is 0 Å². The lowest BCUT2D eigenvalue weighted by atomic mass is 10.1. The molecule has 0 aliphatic rings. The zero-order valence-electron chi connectivity index (χ0n) is 27.3. The summed E-state index contributed by atoms with van der Waals surface area (Å²) in [5, 5.41) is 17.4. The standard InChI is InChI=1S/C17H20ClN3O4.C15H18ClN3O3/c1-5-24-16(23)17(2,3)25-13-7-6-12(19-10-13)8-11-9-14(18)20-21(4)15(11)22;1-15(2,9-20)22-12-5-4-11(17-8-12)6-10-7-13(16)18-19(3)14(10)21/h6-7,9-10H,5,8H2,1-4H3;4-5,7-8,20H,6,9H2,1-3H3. The van der Waals surface area contributed by atoms with Gasteiger partial charge in [0.25, 0.3) is 11.1 Å². The van der Waals surface area contributed by atoms with Gasteiger partial charge in [-0.15, -0.1) is 0 Å². The van der Waals surface area contributed by atoms with Crippen molar-refractivity contribution in [1.82, 2.24) is 29.5 Å². The molecule has 0 unspecified atom stereocenters. The highest BCUT2D eigenvalue weighted by molar-refractivity contribution is 6.29. The van der Waals surface area contributed by atoms with Gasteiger partial charge in [-0.25, -0.2) is 14.2 Å². The minimum Gasteiger partial charge on any atom is -0.484 e. The summed E-state index contributed by atoms with van der Waals surface area (Å²) in [5.74, 6) is 0.542. The number of rotatable bonds is 11. The molecule has 4 heterocycles. The minimum atomic E-state index is -1.12. The van der Waals surface area contributed by atoms with Gasteiger partial charge in [0.15, 0.2) is 5.60 Å². The summed E-state index contributed by atoms with van der Waals surface area (Å²) < 4.78 is 18.6.